The molecular weight excluding hydrogens is 341 g/mol. The highest BCUT2D eigenvalue weighted by molar-refractivity contribution is 5.95. The molecule has 1 amide bonds. The average Bonchev–Trinajstić information content (AvgIpc) is 3.53. The van der Waals surface area contributed by atoms with Crippen LogP contribution < -0.4 is 4.74 Å². The highest BCUT2D eigenvalue weighted by atomic mass is 19.1. The quantitative estimate of drug-likeness (QED) is 0.586. The van der Waals surface area contributed by atoms with Crippen molar-refractivity contribution in [1.29, 1.82) is 0 Å². The normalized spacial score (nSPS) is 13.2. The van der Waals surface area contributed by atoms with E-state index in [9.17, 15) is 9.18 Å². The van der Waals surface area contributed by atoms with E-state index in [2.05, 4.69) is 0 Å². The number of para-hydroxylation sites is 1. The van der Waals surface area contributed by atoms with Crippen LogP contribution in [-0.2, 0) is 6.54 Å². The topological polar surface area (TPSA) is 29.5 Å². The molecule has 0 N–H and O–H groups in total. The standard InChI is InChI=1S/C23H20FNO2/c24-22-12-5-4-7-18(22)16-25(19-13-14-19)23(26)17-8-6-11-21(15-17)27-20-9-2-1-3-10-20/h1-12,15,19H,13-14,16H2. The number of benzene rings is 3. The minimum absolute atomic E-state index is 0.0979. The van der Waals surface area contributed by atoms with Gasteiger partial charge in [0.05, 0.1) is 0 Å². The second kappa shape index (κ2) is 7.62. The van der Waals surface area contributed by atoms with Crippen LogP contribution in [0.25, 0.3) is 0 Å². The third-order valence-electron chi connectivity index (χ3n) is 4.61. The van der Waals surface area contributed by atoms with E-state index >= 15 is 0 Å². The number of nitrogens with zero attached hydrogens (tertiary/aromatic N) is 1. The molecule has 3 aromatic carbocycles. The third-order valence-corrected chi connectivity index (χ3v) is 4.61. The lowest BCUT2D eigenvalue weighted by Gasteiger charge is -2.23. The molecule has 1 fully saturated rings. The lowest BCUT2D eigenvalue weighted by Crippen LogP contribution is -2.32. The van der Waals surface area contributed by atoms with E-state index in [1.165, 1.54) is 6.07 Å². The van der Waals surface area contributed by atoms with E-state index in [4.69, 9.17) is 4.74 Å². The lowest BCUT2D eigenvalue weighted by molar-refractivity contribution is 0.0728. The van der Waals surface area contributed by atoms with Gasteiger partial charge >= 0.3 is 0 Å². The van der Waals surface area contributed by atoms with Crippen molar-refractivity contribution in [3.05, 3.63) is 95.8 Å². The zero-order valence-corrected chi connectivity index (χ0v) is 14.8. The van der Waals surface area contributed by atoms with E-state index < -0.39 is 0 Å². The van der Waals surface area contributed by atoms with Gasteiger partial charge in [0.1, 0.15) is 17.3 Å². The van der Waals surface area contributed by atoms with Crippen LogP contribution >= 0.6 is 0 Å². The lowest BCUT2D eigenvalue weighted by atomic mass is 10.1. The van der Waals surface area contributed by atoms with Crippen LogP contribution in [0.4, 0.5) is 4.39 Å². The van der Waals surface area contributed by atoms with Crippen molar-refractivity contribution in [2.75, 3.05) is 0 Å². The van der Waals surface area contributed by atoms with Gasteiger partial charge in [0.25, 0.3) is 5.91 Å². The minimum atomic E-state index is -0.280. The Bertz CT molecular complexity index is 938. The van der Waals surface area contributed by atoms with Crippen molar-refractivity contribution in [3.8, 4) is 11.5 Å². The van der Waals surface area contributed by atoms with Crippen molar-refractivity contribution in [2.24, 2.45) is 0 Å². The van der Waals surface area contributed by atoms with E-state index in [0.29, 0.717) is 22.6 Å². The highest BCUT2D eigenvalue weighted by Crippen LogP contribution is 2.31. The fourth-order valence-corrected chi connectivity index (χ4v) is 3.05. The van der Waals surface area contributed by atoms with E-state index in [1.807, 2.05) is 36.4 Å². The molecule has 0 unspecified atom stereocenters. The van der Waals surface area contributed by atoms with Crippen LogP contribution in [-0.4, -0.2) is 16.8 Å². The monoisotopic (exact) mass is 361 g/mol. The summed E-state index contributed by atoms with van der Waals surface area (Å²) in [6.45, 7) is 0.278. The third kappa shape index (κ3) is 4.17. The van der Waals surface area contributed by atoms with Crippen molar-refractivity contribution in [3.63, 3.8) is 0 Å². The number of halogens is 1. The van der Waals surface area contributed by atoms with Gasteiger partial charge in [-0.15, -0.1) is 0 Å². The van der Waals surface area contributed by atoms with Crippen LogP contribution in [0.3, 0.4) is 0 Å². The molecular formula is C23H20FNO2. The second-order valence-electron chi connectivity index (χ2n) is 6.70. The molecule has 1 aliphatic carbocycles. The Balaban J connectivity index is 1.55. The first-order valence-corrected chi connectivity index (χ1v) is 9.08. The minimum Gasteiger partial charge on any atom is -0.457 e. The van der Waals surface area contributed by atoms with E-state index in [-0.39, 0.29) is 24.3 Å². The molecule has 0 radical (unpaired) electrons. The summed E-state index contributed by atoms with van der Waals surface area (Å²) in [7, 11) is 0. The molecule has 1 aliphatic rings. The first-order chi connectivity index (χ1) is 13.2. The van der Waals surface area contributed by atoms with Gasteiger partial charge in [-0.1, -0.05) is 42.5 Å². The first kappa shape index (κ1) is 17.3. The molecule has 3 nitrogen and oxygen atoms in total. The Morgan fingerprint density at radius 1 is 0.926 bits per heavy atom. The van der Waals surface area contributed by atoms with Gasteiger partial charge in [-0.25, -0.2) is 4.39 Å². The second-order valence-corrected chi connectivity index (χ2v) is 6.70. The van der Waals surface area contributed by atoms with Gasteiger partial charge in [0, 0.05) is 23.7 Å². The van der Waals surface area contributed by atoms with Crippen LogP contribution in [0.5, 0.6) is 11.5 Å². The number of carbonyl (C=O) groups excluding carboxylic acids is 1. The molecule has 0 aromatic heterocycles. The molecule has 0 aliphatic heterocycles. The number of hydrogen-bond acceptors (Lipinski definition) is 2. The predicted molar refractivity (Wildman–Crippen MR) is 102 cm³/mol. The van der Waals surface area contributed by atoms with Gasteiger partial charge < -0.3 is 9.64 Å². The summed E-state index contributed by atoms with van der Waals surface area (Å²) in [4.78, 5) is 14.9. The zero-order valence-electron chi connectivity index (χ0n) is 14.8. The predicted octanol–water partition coefficient (Wildman–Crippen LogP) is 5.42. The molecule has 3 aromatic rings. The molecule has 0 saturated heterocycles. The first-order valence-electron chi connectivity index (χ1n) is 9.08. The van der Waals surface area contributed by atoms with Gasteiger partial charge in [-0.05, 0) is 49.2 Å². The number of rotatable bonds is 6. The van der Waals surface area contributed by atoms with Crippen LogP contribution in [0.1, 0.15) is 28.8 Å². The number of hydrogen-bond donors (Lipinski definition) is 0. The summed E-state index contributed by atoms with van der Waals surface area (Å²) in [6.07, 6.45) is 1.92. The van der Waals surface area contributed by atoms with Gasteiger partial charge in [-0.3, -0.25) is 4.79 Å². The van der Waals surface area contributed by atoms with Gasteiger partial charge in [-0.2, -0.15) is 0 Å². The molecule has 0 spiro atoms. The molecule has 0 heterocycles. The Morgan fingerprint density at radius 3 is 2.37 bits per heavy atom. The van der Waals surface area contributed by atoms with Gasteiger partial charge in [0.15, 0.2) is 0 Å². The van der Waals surface area contributed by atoms with Crippen molar-refractivity contribution in [1.82, 2.24) is 4.90 Å². The SMILES string of the molecule is O=C(c1cccc(Oc2ccccc2)c1)N(Cc1ccccc1F)C1CC1. The summed E-state index contributed by atoms with van der Waals surface area (Å²) < 4.78 is 19.9. The van der Waals surface area contributed by atoms with Crippen LogP contribution in [0, 0.1) is 5.82 Å². The zero-order chi connectivity index (χ0) is 18.6. The Hall–Kier alpha value is -3.14. The summed E-state index contributed by atoms with van der Waals surface area (Å²) >= 11 is 0. The average molecular weight is 361 g/mol. The summed E-state index contributed by atoms with van der Waals surface area (Å²) in [5.74, 6) is 0.942. The molecule has 0 atom stereocenters. The molecule has 1 saturated carbocycles. The van der Waals surface area contributed by atoms with Crippen molar-refractivity contribution >= 4 is 5.91 Å². The molecule has 4 rings (SSSR count). The van der Waals surface area contributed by atoms with E-state index in [0.717, 1.165) is 12.8 Å². The summed E-state index contributed by atoms with van der Waals surface area (Å²) in [5, 5.41) is 0. The van der Waals surface area contributed by atoms with E-state index in [1.54, 1.807) is 41.3 Å². The summed E-state index contributed by atoms with van der Waals surface area (Å²) in [5.41, 5.74) is 1.08. The Labute approximate surface area is 158 Å². The number of carbonyl (C=O) groups is 1. The van der Waals surface area contributed by atoms with Crippen LogP contribution in [0.2, 0.25) is 0 Å². The molecule has 27 heavy (non-hydrogen) atoms. The number of amides is 1. The summed E-state index contributed by atoms with van der Waals surface area (Å²) in [6, 6.07) is 23.4. The van der Waals surface area contributed by atoms with Gasteiger partial charge in [0.2, 0.25) is 0 Å². The van der Waals surface area contributed by atoms with Crippen molar-refractivity contribution < 1.29 is 13.9 Å². The smallest absolute Gasteiger partial charge is 0.254 e. The fraction of sp³-hybridized carbons (Fsp3) is 0.174. The Kier molecular flexibility index (Phi) is 4.88. The number of ether oxygens (including phenoxy) is 1. The van der Waals surface area contributed by atoms with Crippen molar-refractivity contribution in [2.45, 2.75) is 25.4 Å². The highest BCUT2D eigenvalue weighted by Gasteiger charge is 2.33. The van der Waals surface area contributed by atoms with Crippen LogP contribution in [0.15, 0.2) is 78.9 Å². The maximum absolute atomic E-state index is 14.0. The maximum Gasteiger partial charge on any atom is 0.254 e. The molecule has 4 heteroatoms. The molecule has 136 valence electrons. The Morgan fingerprint density at radius 2 is 1.63 bits per heavy atom. The maximum atomic E-state index is 14.0. The fourth-order valence-electron chi connectivity index (χ4n) is 3.05. The molecule has 0 bridgehead atoms. The largest absolute Gasteiger partial charge is 0.457 e.